The first-order valence-electron chi connectivity index (χ1n) is 7.03. The van der Waals surface area contributed by atoms with Gasteiger partial charge in [-0.25, -0.2) is 0 Å². The van der Waals surface area contributed by atoms with Gasteiger partial charge in [-0.2, -0.15) is 0 Å². The number of fused-ring (bicyclic) bond motifs is 2. The monoisotopic (exact) mass is 240 g/mol. The summed E-state index contributed by atoms with van der Waals surface area (Å²) in [5.41, 5.74) is 0.0322. The van der Waals surface area contributed by atoms with Gasteiger partial charge in [0.2, 0.25) is 0 Å². The lowest BCUT2D eigenvalue weighted by Crippen LogP contribution is -2.65. The van der Waals surface area contributed by atoms with Gasteiger partial charge in [-0.1, -0.05) is 0 Å². The lowest BCUT2D eigenvalue weighted by atomic mass is 9.80. The Kier molecular flexibility index (Phi) is 3.39. The molecule has 3 aliphatic rings. The van der Waals surface area contributed by atoms with Crippen molar-refractivity contribution in [3.8, 4) is 0 Å². The zero-order valence-electron chi connectivity index (χ0n) is 10.7. The molecule has 0 radical (unpaired) electrons. The SMILES string of the molecule is CCOCC1NCCOC12CC1CCC(C2)N1. The number of hydrogen-bond acceptors (Lipinski definition) is 4. The molecule has 98 valence electrons. The van der Waals surface area contributed by atoms with Crippen molar-refractivity contribution in [2.75, 3.05) is 26.4 Å². The fourth-order valence-corrected chi connectivity index (χ4v) is 3.76. The zero-order chi connectivity index (χ0) is 11.7. The molecule has 3 atom stereocenters. The maximum atomic E-state index is 6.21. The lowest BCUT2D eigenvalue weighted by molar-refractivity contribution is -0.136. The van der Waals surface area contributed by atoms with E-state index in [4.69, 9.17) is 9.47 Å². The van der Waals surface area contributed by atoms with E-state index in [1.807, 2.05) is 0 Å². The Hall–Kier alpha value is -0.160. The highest BCUT2D eigenvalue weighted by molar-refractivity contribution is 5.07. The molecule has 1 spiro atoms. The van der Waals surface area contributed by atoms with Crippen molar-refractivity contribution in [2.24, 2.45) is 0 Å². The fourth-order valence-electron chi connectivity index (χ4n) is 3.76. The largest absolute Gasteiger partial charge is 0.380 e. The zero-order valence-corrected chi connectivity index (χ0v) is 10.7. The molecule has 3 heterocycles. The summed E-state index contributed by atoms with van der Waals surface area (Å²) in [6.07, 6.45) is 4.93. The average Bonchev–Trinajstić information content (AvgIpc) is 2.68. The summed E-state index contributed by atoms with van der Waals surface area (Å²) in [7, 11) is 0. The van der Waals surface area contributed by atoms with Crippen LogP contribution in [-0.4, -0.2) is 50.1 Å². The second-order valence-electron chi connectivity index (χ2n) is 5.63. The van der Waals surface area contributed by atoms with Crippen LogP contribution in [0.4, 0.5) is 0 Å². The summed E-state index contributed by atoms with van der Waals surface area (Å²) in [4.78, 5) is 0. The summed E-state index contributed by atoms with van der Waals surface area (Å²) in [6, 6.07) is 1.71. The van der Waals surface area contributed by atoms with Gasteiger partial charge >= 0.3 is 0 Å². The highest BCUT2D eigenvalue weighted by Gasteiger charge is 2.50. The van der Waals surface area contributed by atoms with E-state index >= 15 is 0 Å². The smallest absolute Gasteiger partial charge is 0.0887 e. The van der Waals surface area contributed by atoms with Crippen molar-refractivity contribution < 1.29 is 9.47 Å². The molecule has 0 aromatic rings. The summed E-state index contributed by atoms with van der Waals surface area (Å²) in [5, 5.41) is 7.30. The van der Waals surface area contributed by atoms with E-state index < -0.39 is 0 Å². The molecule has 0 aliphatic carbocycles. The number of nitrogens with one attached hydrogen (secondary N) is 2. The molecule has 3 rings (SSSR count). The van der Waals surface area contributed by atoms with Crippen LogP contribution in [0.15, 0.2) is 0 Å². The molecule has 4 nitrogen and oxygen atoms in total. The highest BCUT2D eigenvalue weighted by Crippen LogP contribution is 2.39. The maximum absolute atomic E-state index is 6.21. The van der Waals surface area contributed by atoms with E-state index in [0.717, 1.165) is 39.2 Å². The molecule has 3 unspecified atom stereocenters. The van der Waals surface area contributed by atoms with Crippen molar-refractivity contribution in [1.29, 1.82) is 0 Å². The molecule has 4 heteroatoms. The van der Waals surface area contributed by atoms with Crippen LogP contribution >= 0.6 is 0 Å². The normalized spacial score (nSPS) is 45.4. The third-order valence-electron chi connectivity index (χ3n) is 4.52. The summed E-state index contributed by atoms with van der Waals surface area (Å²) in [5.74, 6) is 0. The van der Waals surface area contributed by atoms with Crippen molar-refractivity contribution in [2.45, 2.75) is 56.3 Å². The van der Waals surface area contributed by atoms with Crippen LogP contribution in [0.3, 0.4) is 0 Å². The number of morpholine rings is 1. The number of piperidine rings is 1. The van der Waals surface area contributed by atoms with Gasteiger partial charge in [0, 0.05) is 25.2 Å². The van der Waals surface area contributed by atoms with Crippen LogP contribution in [0.2, 0.25) is 0 Å². The van der Waals surface area contributed by atoms with E-state index in [1.54, 1.807) is 0 Å². The average molecular weight is 240 g/mol. The van der Waals surface area contributed by atoms with Gasteiger partial charge in [-0.15, -0.1) is 0 Å². The van der Waals surface area contributed by atoms with Crippen molar-refractivity contribution in [3.05, 3.63) is 0 Å². The molecule has 3 saturated heterocycles. The quantitative estimate of drug-likeness (QED) is 0.761. The van der Waals surface area contributed by atoms with Gasteiger partial charge < -0.3 is 20.1 Å². The predicted molar refractivity (Wildman–Crippen MR) is 66.1 cm³/mol. The summed E-state index contributed by atoms with van der Waals surface area (Å²) < 4.78 is 11.8. The van der Waals surface area contributed by atoms with Gasteiger partial charge in [0.05, 0.1) is 24.9 Å². The van der Waals surface area contributed by atoms with Gasteiger partial charge in [-0.05, 0) is 32.6 Å². The minimum atomic E-state index is 0.0322. The van der Waals surface area contributed by atoms with E-state index in [-0.39, 0.29) is 5.60 Å². The molecule has 3 fully saturated rings. The second-order valence-corrected chi connectivity index (χ2v) is 5.63. The Bertz CT molecular complexity index is 260. The molecule has 0 aromatic carbocycles. The van der Waals surface area contributed by atoms with Gasteiger partial charge in [0.1, 0.15) is 0 Å². The van der Waals surface area contributed by atoms with Crippen molar-refractivity contribution in [3.63, 3.8) is 0 Å². The number of ether oxygens (including phenoxy) is 2. The van der Waals surface area contributed by atoms with E-state index in [1.165, 1.54) is 12.8 Å². The molecule has 0 aromatic heterocycles. The van der Waals surface area contributed by atoms with E-state index in [2.05, 4.69) is 17.6 Å². The molecular weight excluding hydrogens is 216 g/mol. The van der Waals surface area contributed by atoms with Gasteiger partial charge in [-0.3, -0.25) is 0 Å². The Morgan fingerprint density at radius 2 is 2.06 bits per heavy atom. The third kappa shape index (κ3) is 2.24. The van der Waals surface area contributed by atoms with E-state index in [9.17, 15) is 0 Å². The summed E-state index contributed by atoms with van der Waals surface area (Å²) in [6.45, 7) is 5.45. The molecule has 0 saturated carbocycles. The molecule has 0 amide bonds. The second kappa shape index (κ2) is 4.84. The minimum Gasteiger partial charge on any atom is -0.380 e. The number of rotatable bonds is 3. The first-order chi connectivity index (χ1) is 8.32. The highest BCUT2D eigenvalue weighted by atomic mass is 16.5. The molecule has 2 bridgehead atoms. The molecule has 17 heavy (non-hydrogen) atoms. The minimum absolute atomic E-state index is 0.0322. The van der Waals surface area contributed by atoms with Gasteiger partial charge in [0.25, 0.3) is 0 Å². The maximum Gasteiger partial charge on any atom is 0.0887 e. The van der Waals surface area contributed by atoms with Gasteiger partial charge in [0.15, 0.2) is 0 Å². The molecule has 2 N–H and O–H groups in total. The standard InChI is InChI=1S/C13H24N2O2/c1-2-16-9-12-13(17-6-5-14-12)7-10-3-4-11(8-13)15-10/h10-12,14-15H,2-9H2,1H3. The van der Waals surface area contributed by atoms with E-state index in [0.29, 0.717) is 18.1 Å². The predicted octanol–water partition coefficient (Wildman–Crippen LogP) is 0.665. The topological polar surface area (TPSA) is 42.5 Å². The Balaban J connectivity index is 1.72. The fraction of sp³-hybridized carbons (Fsp3) is 1.00. The van der Waals surface area contributed by atoms with Crippen LogP contribution in [0, 0.1) is 0 Å². The van der Waals surface area contributed by atoms with Crippen LogP contribution in [0.25, 0.3) is 0 Å². The Morgan fingerprint density at radius 3 is 2.76 bits per heavy atom. The van der Waals surface area contributed by atoms with Crippen LogP contribution in [0.5, 0.6) is 0 Å². The van der Waals surface area contributed by atoms with Crippen molar-refractivity contribution >= 4 is 0 Å². The van der Waals surface area contributed by atoms with Crippen LogP contribution in [0.1, 0.15) is 32.6 Å². The van der Waals surface area contributed by atoms with Crippen molar-refractivity contribution in [1.82, 2.24) is 10.6 Å². The van der Waals surface area contributed by atoms with Crippen LogP contribution < -0.4 is 10.6 Å². The Labute approximate surface area is 103 Å². The summed E-state index contributed by atoms with van der Waals surface area (Å²) >= 11 is 0. The van der Waals surface area contributed by atoms with Crippen LogP contribution in [-0.2, 0) is 9.47 Å². The Morgan fingerprint density at radius 1 is 1.29 bits per heavy atom. The molecular formula is C13H24N2O2. The third-order valence-corrected chi connectivity index (χ3v) is 4.52. The number of hydrogen-bond donors (Lipinski definition) is 2. The lowest BCUT2D eigenvalue weighted by Gasteiger charge is -2.49. The first kappa shape index (κ1) is 11.9. The molecule has 3 aliphatic heterocycles. The first-order valence-corrected chi connectivity index (χ1v) is 7.03.